The van der Waals surface area contributed by atoms with Gasteiger partial charge in [-0.05, 0) is 35.7 Å². The summed E-state index contributed by atoms with van der Waals surface area (Å²) in [6.45, 7) is 0. The Morgan fingerprint density at radius 3 is 2.17 bits per heavy atom. The monoisotopic (exact) mass is 326 g/mol. The molecule has 0 bridgehead atoms. The molecule has 118 valence electrons. The molecular formula is C18H18N2O2S. The number of fused-ring (bicyclic) bond motifs is 1. The van der Waals surface area contributed by atoms with E-state index >= 15 is 0 Å². The van der Waals surface area contributed by atoms with E-state index in [4.69, 9.17) is 0 Å². The van der Waals surface area contributed by atoms with Gasteiger partial charge in [0.05, 0.1) is 4.90 Å². The van der Waals surface area contributed by atoms with Crippen molar-refractivity contribution in [2.24, 2.45) is 0 Å². The van der Waals surface area contributed by atoms with E-state index in [1.165, 1.54) is 0 Å². The highest BCUT2D eigenvalue weighted by Gasteiger charge is 2.17. The Labute approximate surface area is 136 Å². The van der Waals surface area contributed by atoms with Crippen molar-refractivity contribution < 1.29 is 8.42 Å². The Balaban J connectivity index is 1.98. The number of benzene rings is 3. The first-order chi connectivity index (χ1) is 11.0. The molecule has 3 rings (SSSR count). The van der Waals surface area contributed by atoms with E-state index in [1.54, 1.807) is 24.3 Å². The van der Waals surface area contributed by atoms with Gasteiger partial charge in [0.2, 0.25) is 0 Å². The summed E-state index contributed by atoms with van der Waals surface area (Å²) in [5.74, 6) is 0. The molecule has 3 aromatic carbocycles. The number of rotatable bonds is 4. The number of sulfonamides is 1. The van der Waals surface area contributed by atoms with E-state index in [1.807, 2.05) is 61.5 Å². The zero-order valence-electron chi connectivity index (χ0n) is 13.0. The predicted molar refractivity (Wildman–Crippen MR) is 95.5 cm³/mol. The van der Waals surface area contributed by atoms with Crippen molar-refractivity contribution in [3.63, 3.8) is 0 Å². The van der Waals surface area contributed by atoms with Gasteiger partial charge in [-0.15, -0.1) is 0 Å². The van der Waals surface area contributed by atoms with Crippen LogP contribution < -0.4 is 9.62 Å². The van der Waals surface area contributed by atoms with Gasteiger partial charge in [-0.1, -0.05) is 36.4 Å². The van der Waals surface area contributed by atoms with E-state index in [-0.39, 0.29) is 4.90 Å². The lowest BCUT2D eigenvalue weighted by molar-refractivity contribution is 0.602. The lowest BCUT2D eigenvalue weighted by Crippen LogP contribution is -2.14. The van der Waals surface area contributed by atoms with Crippen molar-refractivity contribution >= 4 is 32.2 Å². The quantitative estimate of drug-likeness (QED) is 0.795. The first kappa shape index (κ1) is 15.4. The Kier molecular flexibility index (Phi) is 3.96. The third kappa shape index (κ3) is 3.14. The molecule has 0 spiro atoms. The van der Waals surface area contributed by atoms with Crippen LogP contribution in [-0.4, -0.2) is 22.5 Å². The molecule has 0 saturated carbocycles. The largest absolute Gasteiger partial charge is 0.378 e. The molecule has 0 atom stereocenters. The summed E-state index contributed by atoms with van der Waals surface area (Å²) in [6, 6.07) is 20.0. The highest BCUT2D eigenvalue weighted by molar-refractivity contribution is 7.93. The molecule has 0 aromatic heterocycles. The first-order valence-electron chi connectivity index (χ1n) is 7.25. The molecule has 0 unspecified atom stereocenters. The average molecular weight is 326 g/mol. The minimum atomic E-state index is -3.64. The number of anilines is 2. The summed E-state index contributed by atoms with van der Waals surface area (Å²) in [5, 5.41) is 1.62. The Bertz CT molecular complexity index is 927. The zero-order valence-corrected chi connectivity index (χ0v) is 13.8. The molecule has 3 aromatic rings. The van der Waals surface area contributed by atoms with E-state index in [9.17, 15) is 8.42 Å². The number of nitrogens with one attached hydrogen (secondary N) is 1. The predicted octanol–water partition coefficient (Wildman–Crippen LogP) is 3.71. The minimum Gasteiger partial charge on any atom is -0.378 e. The highest BCUT2D eigenvalue weighted by atomic mass is 32.2. The van der Waals surface area contributed by atoms with Crippen LogP contribution >= 0.6 is 0 Å². The number of hydrogen-bond donors (Lipinski definition) is 1. The van der Waals surface area contributed by atoms with Gasteiger partial charge >= 0.3 is 0 Å². The van der Waals surface area contributed by atoms with Crippen LogP contribution in [-0.2, 0) is 10.0 Å². The molecule has 0 aliphatic heterocycles. The molecule has 0 fully saturated rings. The van der Waals surface area contributed by atoms with Crippen LogP contribution in [0.15, 0.2) is 71.6 Å². The highest BCUT2D eigenvalue weighted by Crippen LogP contribution is 2.25. The van der Waals surface area contributed by atoms with Gasteiger partial charge in [0.15, 0.2) is 0 Å². The number of nitrogens with zero attached hydrogens (tertiary/aromatic N) is 1. The van der Waals surface area contributed by atoms with Gasteiger partial charge in [0.25, 0.3) is 10.0 Å². The fraction of sp³-hybridized carbons (Fsp3) is 0.111. The molecular weight excluding hydrogens is 308 g/mol. The van der Waals surface area contributed by atoms with Gasteiger partial charge in [-0.25, -0.2) is 8.42 Å². The summed E-state index contributed by atoms with van der Waals surface area (Å²) in [6.07, 6.45) is 0. The maximum Gasteiger partial charge on any atom is 0.262 e. The van der Waals surface area contributed by atoms with Gasteiger partial charge in [0.1, 0.15) is 0 Å². The smallest absolute Gasteiger partial charge is 0.262 e. The molecule has 0 heterocycles. The topological polar surface area (TPSA) is 49.4 Å². The van der Waals surface area contributed by atoms with Crippen molar-refractivity contribution in [2.75, 3.05) is 23.7 Å². The molecule has 0 saturated heterocycles. The molecule has 5 heteroatoms. The standard InChI is InChI=1S/C18H18N2O2S/c1-20(2)16-12-10-15(11-13-16)19-23(21,22)18-9-5-7-14-6-3-4-8-17(14)18/h3-13,19H,1-2H3. The van der Waals surface area contributed by atoms with Crippen LogP contribution in [0.5, 0.6) is 0 Å². The molecule has 0 radical (unpaired) electrons. The second-order valence-electron chi connectivity index (χ2n) is 5.52. The second kappa shape index (κ2) is 5.93. The van der Waals surface area contributed by atoms with Crippen LogP contribution in [0.3, 0.4) is 0 Å². The normalized spacial score (nSPS) is 11.4. The molecule has 0 aliphatic rings. The van der Waals surface area contributed by atoms with Gasteiger partial charge < -0.3 is 4.90 Å². The van der Waals surface area contributed by atoms with Crippen LogP contribution in [0.25, 0.3) is 10.8 Å². The van der Waals surface area contributed by atoms with Crippen LogP contribution in [0, 0.1) is 0 Å². The van der Waals surface area contributed by atoms with Gasteiger partial charge in [-0.2, -0.15) is 0 Å². The minimum absolute atomic E-state index is 0.285. The molecule has 1 N–H and O–H groups in total. The summed E-state index contributed by atoms with van der Waals surface area (Å²) >= 11 is 0. The van der Waals surface area contributed by atoms with E-state index in [2.05, 4.69) is 4.72 Å². The Morgan fingerprint density at radius 1 is 0.826 bits per heavy atom. The second-order valence-corrected chi connectivity index (χ2v) is 7.17. The molecule has 0 aliphatic carbocycles. The Morgan fingerprint density at radius 2 is 1.48 bits per heavy atom. The van der Waals surface area contributed by atoms with Crippen molar-refractivity contribution in [1.29, 1.82) is 0 Å². The van der Waals surface area contributed by atoms with Gasteiger partial charge in [0, 0.05) is 30.9 Å². The zero-order chi connectivity index (χ0) is 16.4. The third-order valence-electron chi connectivity index (χ3n) is 3.68. The lowest BCUT2D eigenvalue weighted by Gasteiger charge is -2.14. The van der Waals surface area contributed by atoms with Crippen LogP contribution in [0.4, 0.5) is 11.4 Å². The molecule has 23 heavy (non-hydrogen) atoms. The van der Waals surface area contributed by atoms with Crippen molar-refractivity contribution in [3.05, 3.63) is 66.7 Å². The summed E-state index contributed by atoms with van der Waals surface area (Å²) in [7, 11) is 0.243. The van der Waals surface area contributed by atoms with Crippen LogP contribution in [0.1, 0.15) is 0 Å². The van der Waals surface area contributed by atoms with Crippen molar-refractivity contribution in [1.82, 2.24) is 0 Å². The first-order valence-corrected chi connectivity index (χ1v) is 8.74. The lowest BCUT2D eigenvalue weighted by atomic mass is 10.1. The molecule has 0 amide bonds. The Hall–Kier alpha value is -2.53. The summed E-state index contributed by atoms with van der Waals surface area (Å²) in [5.41, 5.74) is 1.56. The van der Waals surface area contributed by atoms with E-state index in [0.29, 0.717) is 11.1 Å². The van der Waals surface area contributed by atoms with E-state index in [0.717, 1.165) is 11.1 Å². The fourth-order valence-corrected chi connectivity index (χ4v) is 3.76. The van der Waals surface area contributed by atoms with Crippen LogP contribution in [0.2, 0.25) is 0 Å². The SMILES string of the molecule is CN(C)c1ccc(NS(=O)(=O)c2cccc3ccccc23)cc1. The third-order valence-corrected chi connectivity index (χ3v) is 5.11. The van der Waals surface area contributed by atoms with Gasteiger partial charge in [-0.3, -0.25) is 4.72 Å². The summed E-state index contributed by atoms with van der Waals surface area (Å²) < 4.78 is 28.1. The van der Waals surface area contributed by atoms with Crippen molar-refractivity contribution in [2.45, 2.75) is 4.90 Å². The van der Waals surface area contributed by atoms with Crippen molar-refractivity contribution in [3.8, 4) is 0 Å². The fourth-order valence-electron chi connectivity index (χ4n) is 2.47. The number of hydrogen-bond acceptors (Lipinski definition) is 3. The molecule has 4 nitrogen and oxygen atoms in total. The average Bonchev–Trinajstić information content (AvgIpc) is 2.54. The maximum absolute atomic E-state index is 12.7. The maximum atomic E-state index is 12.7. The van der Waals surface area contributed by atoms with E-state index < -0.39 is 10.0 Å². The summed E-state index contributed by atoms with van der Waals surface area (Å²) in [4.78, 5) is 2.25.